The second-order valence-corrected chi connectivity index (χ2v) is 4.52. The topological polar surface area (TPSA) is 44.5 Å². The van der Waals surface area contributed by atoms with Crippen LogP contribution in [0, 0.1) is 6.92 Å². The van der Waals surface area contributed by atoms with E-state index in [1.54, 1.807) is 13.3 Å². The van der Waals surface area contributed by atoms with E-state index in [9.17, 15) is 0 Å². The van der Waals surface area contributed by atoms with Crippen molar-refractivity contribution in [2.75, 3.05) is 7.11 Å². The number of hydrogen-bond acceptors (Lipinski definition) is 4. The van der Waals surface area contributed by atoms with Crippen molar-refractivity contribution in [3.8, 4) is 11.6 Å². The highest BCUT2D eigenvalue weighted by molar-refractivity contribution is 5.79. The Morgan fingerprint density at radius 2 is 2.10 bits per heavy atom. The molecule has 0 saturated heterocycles. The van der Waals surface area contributed by atoms with E-state index in [0.29, 0.717) is 12.5 Å². The Bertz CT molecular complexity index is 733. The molecule has 2 aromatic heterocycles. The molecule has 0 aliphatic carbocycles. The molecule has 3 aromatic rings. The Hall–Kier alpha value is -2.49. The largest absolute Gasteiger partial charge is 0.489 e. The summed E-state index contributed by atoms with van der Waals surface area (Å²) < 4.78 is 16.5. The summed E-state index contributed by atoms with van der Waals surface area (Å²) in [5.41, 5.74) is 1.78. The zero-order chi connectivity index (χ0) is 13.9. The van der Waals surface area contributed by atoms with E-state index in [4.69, 9.17) is 13.9 Å². The SMILES string of the molecule is COc1ncccc1COc1ccc2oc(C)cc2c1. The van der Waals surface area contributed by atoms with Crippen LogP contribution in [0.25, 0.3) is 11.0 Å². The van der Waals surface area contributed by atoms with Gasteiger partial charge in [-0.25, -0.2) is 4.98 Å². The minimum atomic E-state index is 0.416. The second kappa shape index (κ2) is 5.25. The number of rotatable bonds is 4. The summed E-state index contributed by atoms with van der Waals surface area (Å²) in [6, 6.07) is 11.6. The molecule has 2 heterocycles. The fourth-order valence-electron chi connectivity index (χ4n) is 2.12. The van der Waals surface area contributed by atoms with Gasteiger partial charge in [0.1, 0.15) is 23.7 Å². The minimum absolute atomic E-state index is 0.416. The normalized spacial score (nSPS) is 10.7. The van der Waals surface area contributed by atoms with Gasteiger partial charge in [-0.1, -0.05) is 0 Å². The molecule has 0 atom stereocenters. The van der Waals surface area contributed by atoms with Crippen LogP contribution in [0.1, 0.15) is 11.3 Å². The molecule has 0 bridgehead atoms. The zero-order valence-electron chi connectivity index (χ0n) is 11.4. The molecule has 0 amide bonds. The van der Waals surface area contributed by atoms with Crippen molar-refractivity contribution < 1.29 is 13.9 Å². The average Bonchev–Trinajstić information content (AvgIpc) is 2.84. The van der Waals surface area contributed by atoms with E-state index >= 15 is 0 Å². The lowest BCUT2D eigenvalue weighted by atomic mass is 10.2. The van der Waals surface area contributed by atoms with Crippen LogP contribution < -0.4 is 9.47 Å². The molecule has 0 radical (unpaired) electrons. The molecular formula is C16H15NO3. The third kappa shape index (κ3) is 2.45. The van der Waals surface area contributed by atoms with Gasteiger partial charge in [0.2, 0.25) is 5.88 Å². The number of methoxy groups -OCH3 is 1. The Labute approximate surface area is 117 Å². The minimum Gasteiger partial charge on any atom is -0.489 e. The molecule has 0 aliphatic rings. The van der Waals surface area contributed by atoms with Gasteiger partial charge >= 0.3 is 0 Å². The fourth-order valence-corrected chi connectivity index (χ4v) is 2.12. The fraction of sp³-hybridized carbons (Fsp3) is 0.188. The lowest BCUT2D eigenvalue weighted by Crippen LogP contribution is -1.99. The highest BCUT2D eigenvalue weighted by Crippen LogP contribution is 2.25. The highest BCUT2D eigenvalue weighted by atomic mass is 16.5. The smallest absolute Gasteiger partial charge is 0.219 e. The molecule has 0 spiro atoms. The van der Waals surface area contributed by atoms with Crippen molar-refractivity contribution in [2.24, 2.45) is 0 Å². The van der Waals surface area contributed by atoms with Gasteiger partial charge in [-0.05, 0) is 43.3 Å². The van der Waals surface area contributed by atoms with E-state index < -0.39 is 0 Å². The van der Waals surface area contributed by atoms with Crippen molar-refractivity contribution in [3.05, 3.63) is 53.9 Å². The lowest BCUT2D eigenvalue weighted by Gasteiger charge is -2.09. The Morgan fingerprint density at radius 1 is 1.20 bits per heavy atom. The summed E-state index contributed by atoms with van der Waals surface area (Å²) in [4.78, 5) is 4.15. The van der Waals surface area contributed by atoms with Gasteiger partial charge < -0.3 is 13.9 Å². The molecule has 4 nitrogen and oxygen atoms in total. The molecule has 0 saturated carbocycles. The van der Waals surface area contributed by atoms with E-state index in [-0.39, 0.29) is 0 Å². The lowest BCUT2D eigenvalue weighted by molar-refractivity contribution is 0.294. The first kappa shape index (κ1) is 12.5. The highest BCUT2D eigenvalue weighted by Gasteiger charge is 2.06. The number of furan rings is 1. The first-order valence-electron chi connectivity index (χ1n) is 6.37. The monoisotopic (exact) mass is 269 g/mol. The molecule has 1 aromatic carbocycles. The van der Waals surface area contributed by atoms with E-state index in [1.165, 1.54) is 0 Å². The predicted molar refractivity (Wildman–Crippen MR) is 76.1 cm³/mol. The Kier molecular flexibility index (Phi) is 3.29. The third-order valence-corrected chi connectivity index (χ3v) is 3.05. The maximum atomic E-state index is 5.79. The van der Waals surface area contributed by atoms with E-state index in [0.717, 1.165) is 28.0 Å². The number of fused-ring (bicyclic) bond motifs is 1. The zero-order valence-corrected chi connectivity index (χ0v) is 11.4. The van der Waals surface area contributed by atoms with Crippen molar-refractivity contribution in [3.63, 3.8) is 0 Å². The molecule has 0 fully saturated rings. The Morgan fingerprint density at radius 3 is 2.95 bits per heavy atom. The van der Waals surface area contributed by atoms with Crippen LogP contribution in [0.2, 0.25) is 0 Å². The summed E-state index contributed by atoms with van der Waals surface area (Å²) in [6.45, 7) is 2.35. The molecule has 0 aliphatic heterocycles. The number of aromatic nitrogens is 1. The molecule has 0 unspecified atom stereocenters. The number of pyridine rings is 1. The van der Waals surface area contributed by atoms with Gasteiger partial charge in [0, 0.05) is 11.6 Å². The number of hydrogen-bond donors (Lipinski definition) is 0. The van der Waals surface area contributed by atoms with Crippen LogP contribution in [0.3, 0.4) is 0 Å². The van der Waals surface area contributed by atoms with Gasteiger partial charge in [0.15, 0.2) is 0 Å². The van der Waals surface area contributed by atoms with Crippen LogP contribution in [0.5, 0.6) is 11.6 Å². The molecule has 3 rings (SSSR count). The molecule has 0 N–H and O–H groups in total. The van der Waals surface area contributed by atoms with Gasteiger partial charge in [-0.2, -0.15) is 0 Å². The number of nitrogens with zero attached hydrogens (tertiary/aromatic N) is 1. The second-order valence-electron chi connectivity index (χ2n) is 4.52. The molecule has 20 heavy (non-hydrogen) atoms. The van der Waals surface area contributed by atoms with Crippen LogP contribution in [0.15, 0.2) is 47.0 Å². The average molecular weight is 269 g/mol. The van der Waals surface area contributed by atoms with Gasteiger partial charge in [0.25, 0.3) is 0 Å². The van der Waals surface area contributed by atoms with Crippen molar-refractivity contribution >= 4 is 11.0 Å². The Balaban J connectivity index is 1.79. The van der Waals surface area contributed by atoms with Gasteiger partial charge in [0.05, 0.1) is 12.7 Å². The van der Waals surface area contributed by atoms with Crippen LogP contribution in [-0.4, -0.2) is 12.1 Å². The van der Waals surface area contributed by atoms with Crippen molar-refractivity contribution in [1.29, 1.82) is 0 Å². The summed E-state index contributed by atoms with van der Waals surface area (Å²) in [7, 11) is 1.60. The van der Waals surface area contributed by atoms with Gasteiger partial charge in [-0.15, -0.1) is 0 Å². The molecular weight excluding hydrogens is 254 g/mol. The van der Waals surface area contributed by atoms with E-state index in [2.05, 4.69) is 4.98 Å². The number of benzene rings is 1. The van der Waals surface area contributed by atoms with Crippen LogP contribution in [-0.2, 0) is 6.61 Å². The van der Waals surface area contributed by atoms with Gasteiger partial charge in [-0.3, -0.25) is 0 Å². The molecule has 102 valence electrons. The van der Waals surface area contributed by atoms with Crippen molar-refractivity contribution in [1.82, 2.24) is 4.98 Å². The number of ether oxygens (including phenoxy) is 2. The summed E-state index contributed by atoms with van der Waals surface area (Å²) in [5.74, 6) is 2.28. The molecule has 4 heteroatoms. The van der Waals surface area contributed by atoms with E-state index in [1.807, 2.05) is 43.3 Å². The maximum absolute atomic E-state index is 5.79. The first-order chi connectivity index (χ1) is 9.76. The van der Waals surface area contributed by atoms with Crippen LogP contribution >= 0.6 is 0 Å². The third-order valence-electron chi connectivity index (χ3n) is 3.05. The maximum Gasteiger partial charge on any atom is 0.219 e. The van der Waals surface area contributed by atoms with Crippen molar-refractivity contribution in [2.45, 2.75) is 13.5 Å². The summed E-state index contributed by atoms with van der Waals surface area (Å²) in [5, 5.41) is 1.04. The quantitative estimate of drug-likeness (QED) is 0.724. The van der Waals surface area contributed by atoms with Crippen LogP contribution in [0.4, 0.5) is 0 Å². The predicted octanol–water partition coefficient (Wildman–Crippen LogP) is 3.72. The summed E-state index contributed by atoms with van der Waals surface area (Å²) >= 11 is 0. The number of aryl methyl sites for hydroxylation is 1. The first-order valence-corrected chi connectivity index (χ1v) is 6.37. The summed E-state index contributed by atoms with van der Waals surface area (Å²) in [6.07, 6.45) is 1.70. The standard InChI is InChI=1S/C16H15NO3/c1-11-8-13-9-14(5-6-15(13)20-11)19-10-12-4-3-7-17-16(12)18-2/h3-9H,10H2,1-2H3.